The summed E-state index contributed by atoms with van der Waals surface area (Å²) in [4.78, 5) is 11.2. The zero-order valence-corrected chi connectivity index (χ0v) is 12.3. The van der Waals surface area contributed by atoms with Crippen molar-refractivity contribution < 1.29 is 9.90 Å². The van der Waals surface area contributed by atoms with E-state index >= 15 is 0 Å². The molecule has 1 aliphatic rings. The lowest BCUT2D eigenvalue weighted by atomic mass is 9.66. The van der Waals surface area contributed by atoms with Crippen LogP contribution in [0.2, 0.25) is 0 Å². The van der Waals surface area contributed by atoms with Gasteiger partial charge in [0.25, 0.3) is 0 Å². The third-order valence-corrected chi connectivity index (χ3v) is 4.58. The van der Waals surface area contributed by atoms with Crippen LogP contribution in [0.25, 0.3) is 0 Å². The molecule has 0 bridgehead atoms. The van der Waals surface area contributed by atoms with E-state index in [1.165, 1.54) is 5.56 Å². The largest absolute Gasteiger partial charge is 0.481 e. The molecule has 0 amide bonds. The van der Waals surface area contributed by atoms with Crippen LogP contribution in [0.3, 0.4) is 0 Å². The molecule has 0 saturated heterocycles. The Balaban J connectivity index is 2.56. The van der Waals surface area contributed by atoms with E-state index < -0.39 is 16.9 Å². The molecule has 3 N–H and O–H groups in total. The first-order valence-corrected chi connectivity index (χ1v) is 6.85. The number of halogens is 1. The molecule has 4 heteroatoms. The first-order valence-electron chi connectivity index (χ1n) is 6.06. The summed E-state index contributed by atoms with van der Waals surface area (Å²) in [5, 5.41) is 9.22. The van der Waals surface area contributed by atoms with Crippen LogP contribution < -0.4 is 5.73 Å². The highest BCUT2D eigenvalue weighted by molar-refractivity contribution is 9.10. The number of hydrogen-bond acceptors (Lipinski definition) is 2. The van der Waals surface area contributed by atoms with Crippen molar-refractivity contribution in [1.29, 1.82) is 0 Å². The highest BCUT2D eigenvalue weighted by atomic mass is 79.9. The zero-order chi connectivity index (χ0) is 13.6. The summed E-state index contributed by atoms with van der Waals surface area (Å²) in [7, 11) is 0. The summed E-state index contributed by atoms with van der Waals surface area (Å²) < 4.78 is 1.03. The molecule has 1 aromatic carbocycles. The van der Waals surface area contributed by atoms with Gasteiger partial charge in [-0.2, -0.15) is 0 Å². The molecular weight excluding hydrogens is 294 g/mol. The number of hydrogen-bond donors (Lipinski definition) is 2. The van der Waals surface area contributed by atoms with Crippen molar-refractivity contribution in [1.82, 2.24) is 0 Å². The predicted molar refractivity (Wildman–Crippen MR) is 74.7 cm³/mol. The summed E-state index contributed by atoms with van der Waals surface area (Å²) in [6.07, 6.45) is 1.78. The van der Waals surface area contributed by atoms with Crippen LogP contribution in [-0.2, 0) is 16.6 Å². The summed E-state index contributed by atoms with van der Waals surface area (Å²) in [5.74, 6) is -0.788. The maximum atomic E-state index is 11.2. The van der Waals surface area contributed by atoms with Crippen LogP contribution in [0.5, 0.6) is 0 Å². The maximum Gasteiger partial charge on any atom is 0.304 e. The first-order chi connectivity index (χ1) is 8.26. The Kier molecular flexibility index (Phi) is 3.28. The number of carboxylic acids is 1. The van der Waals surface area contributed by atoms with E-state index in [1.54, 1.807) is 0 Å². The Hall–Kier alpha value is -0.870. The molecule has 0 heterocycles. The van der Waals surface area contributed by atoms with Crippen LogP contribution in [0.15, 0.2) is 22.7 Å². The molecule has 2 rings (SSSR count). The number of carbonyl (C=O) groups is 1. The second-order valence-corrected chi connectivity index (χ2v) is 6.59. The third kappa shape index (κ3) is 2.08. The zero-order valence-electron chi connectivity index (χ0n) is 10.7. The second kappa shape index (κ2) is 4.35. The topological polar surface area (TPSA) is 63.3 Å². The van der Waals surface area contributed by atoms with Crippen molar-refractivity contribution in [2.75, 3.05) is 0 Å². The lowest BCUT2D eigenvalue weighted by Gasteiger charge is -2.41. The van der Waals surface area contributed by atoms with Crippen molar-refractivity contribution >= 4 is 21.9 Å². The van der Waals surface area contributed by atoms with Crippen molar-refractivity contribution in [2.45, 2.75) is 44.1 Å². The number of fused-ring (bicyclic) bond motifs is 1. The van der Waals surface area contributed by atoms with E-state index in [1.807, 2.05) is 26.0 Å². The number of carboxylic acid groups (broad SMARTS) is 1. The molecule has 0 radical (unpaired) electrons. The molecule has 1 aromatic rings. The van der Waals surface area contributed by atoms with Crippen LogP contribution in [0, 0.1) is 0 Å². The average molecular weight is 312 g/mol. The molecule has 0 aromatic heterocycles. The van der Waals surface area contributed by atoms with Gasteiger partial charge in [-0.15, -0.1) is 0 Å². The van der Waals surface area contributed by atoms with Gasteiger partial charge in [-0.1, -0.05) is 22.0 Å². The minimum Gasteiger partial charge on any atom is -0.481 e. The predicted octanol–water partition coefficient (Wildman–Crippen LogP) is 2.85. The smallest absolute Gasteiger partial charge is 0.304 e. The van der Waals surface area contributed by atoms with Crippen LogP contribution in [-0.4, -0.2) is 16.6 Å². The monoisotopic (exact) mass is 311 g/mol. The van der Waals surface area contributed by atoms with Gasteiger partial charge in [-0.05, 0) is 49.9 Å². The van der Waals surface area contributed by atoms with Gasteiger partial charge in [0.15, 0.2) is 0 Å². The fraction of sp³-hybridized carbons (Fsp3) is 0.500. The molecule has 3 nitrogen and oxygen atoms in total. The molecular formula is C14H18BrNO2. The van der Waals surface area contributed by atoms with Crippen LogP contribution in [0.4, 0.5) is 0 Å². The lowest BCUT2D eigenvalue weighted by molar-refractivity contribution is -0.139. The highest BCUT2D eigenvalue weighted by Gasteiger charge is 2.49. The first kappa shape index (κ1) is 13.6. The number of aryl methyl sites for hydroxylation is 1. The fourth-order valence-electron chi connectivity index (χ4n) is 3.06. The lowest BCUT2D eigenvalue weighted by Crippen LogP contribution is -2.53. The standard InChI is InChI=1S/C14H18BrNO2/c1-13(2,16)14(8-12(17)18)6-5-9-7-10(15)3-4-11(9)14/h3-4,7H,5-6,8,16H2,1-2H3,(H,17,18). The Labute approximate surface area is 116 Å². The van der Waals surface area contributed by atoms with Gasteiger partial charge >= 0.3 is 5.97 Å². The van der Waals surface area contributed by atoms with Crippen molar-refractivity contribution in [3.63, 3.8) is 0 Å². The number of rotatable bonds is 3. The van der Waals surface area contributed by atoms with Crippen molar-refractivity contribution in [3.8, 4) is 0 Å². The van der Waals surface area contributed by atoms with Gasteiger partial charge in [0.05, 0.1) is 6.42 Å². The van der Waals surface area contributed by atoms with E-state index in [9.17, 15) is 9.90 Å². The second-order valence-electron chi connectivity index (χ2n) is 5.68. The maximum absolute atomic E-state index is 11.2. The minimum atomic E-state index is -0.788. The summed E-state index contributed by atoms with van der Waals surface area (Å²) in [5.41, 5.74) is 7.60. The summed E-state index contributed by atoms with van der Waals surface area (Å²) in [6.45, 7) is 3.85. The van der Waals surface area contributed by atoms with Gasteiger partial charge < -0.3 is 10.8 Å². The van der Waals surface area contributed by atoms with Gasteiger partial charge in [0.2, 0.25) is 0 Å². The Morgan fingerprint density at radius 2 is 2.22 bits per heavy atom. The molecule has 18 heavy (non-hydrogen) atoms. The molecule has 0 saturated carbocycles. The molecule has 1 atom stereocenters. The molecule has 0 spiro atoms. The van der Waals surface area contributed by atoms with Crippen LogP contribution >= 0.6 is 15.9 Å². The number of nitrogens with two attached hydrogens (primary N) is 1. The molecule has 0 fully saturated rings. The van der Waals surface area contributed by atoms with E-state index in [4.69, 9.17) is 5.73 Å². The molecule has 1 aliphatic carbocycles. The average Bonchev–Trinajstić information content (AvgIpc) is 2.56. The van der Waals surface area contributed by atoms with E-state index in [0.717, 1.165) is 22.9 Å². The van der Waals surface area contributed by atoms with E-state index in [-0.39, 0.29) is 6.42 Å². The van der Waals surface area contributed by atoms with E-state index in [2.05, 4.69) is 22.0 Å². The quantitative estimate of drug-likeness (QED) is 0.902. The summed E-state index contributed by atoms with van der Waals surface area (Å²) >= 11 is 3.46. The van der Waals surface area contributed by atoms with Gasteiger partial charge in [0, 0.05) is 15.4 Å². The molecule has 0 aliphatic heterocycles. The third-order valence-electron chi connectivity index (χ3n) is 4.09. The fourth-order valence-corrected chi connectivity index (χ4v) is 3.47. The van der Waals surface area contributed by atoms with Crippen molar-refractivity contribution in [2.24, 2.45) is 5.73 Å². The minimum absolute atomic E-state index is 0.0884. The normalized spacial score (nSPS) is 22.9. The van der Waals surface area contributed by atoms with Crippen molar-refractivity contribution in [3.05, 3.63) is 33.8 Å². The van der Waals surface area contributed by atoms with Crippen LogP contribution in [0.1, 0.15) is 37.8 Å². The summed E-state index contributed by atoms with van der Waals surface area (Å²) in [6, 6.07) is 6.06. The molecule has 98 valence electrons. The highest BCUT2D eigenvalue weighted by Crippen LogP contribution is 2.48. The van der Waals surface area contributed by atoms with E-state index in [0.29, 0.717) is 0 Å². The van der Waals surface area contributed by atoms with Gasteiger partial charge in [0.1, 0.15) is 0 Å². The number of benzene rings is 1. The SMILES string of the molecule is CC(C)(N)C1(CC(=O)O)CCc2cc(Br)ccc21. The Morgan fingerprint density at radius 3 is 2.78 bits per heavy atom. The number of aliphatic carboxylic acids is 1. The van der Waals surface area contributed by atoms with Gasteiger partial charge in [-0.3, -0.25) is 4.79 Å². The Bertz CT molecular complexity index is 493. The van der Waals surface area contributed by atoms with Gasteiger partial charge in [-0.25, -0.2) is 0 Å². The molecule has 1 unspecified atom stereocenters. The Morgan fingerprint density at radius 1 is 1.56 bits per heavy atom.